The predicted molar refractivity (Wildman–Crippen MR) is 78.8 cm³/mol. The number of nitro groups is 1. The van der Waals surface area contributed by atoms with Crippen molar-refractivity contribution < 1.29 is 4.92 Å². The van der Waals surface area contributed by atoms with Crippen molar-refractivity contribution in [1.29, 1.82) is 0 Å². The molecule has 0 spiro atoms. The van der Waals surface area contributed by atoms with Gasteiger partial charge in [-0.25, -0.2) is 4.98 Å². The lowest BCUT2D eigenvalue weighted by Gasteiger charge is -2.14. The quantitative estimate of drug-likeness (QED) is 0.664. The number of anilines is 1. The Morgan fingerprint density at radius 1 is 1.40 bits per heavy atom. The Morgan fingerprint density at radius 2 is 2.20 bits per heavy atom. The second-order valence-electron chi connectivity index (χ2n) is 5.56. The number of aromatic nitrogens is 1. The van der Waals surface area contributed by atoms with Gasteiger partial charge in [0.15, 0.2) is 0 Å². The van der Waals surface area contributed by atoms with Gasteiger partial charge in [-0.3, -0.25) is 10.1 Å². The molecule has 1 aliphatic rings. The molecule has 0 amide bonds. The van der Waals surface area contributed by atoms with Gasteiger partial charge in [0.05, 0.1) is 10.4 Å². The number of nitrogens with one attached hydrogen (secondary N) is 1. The molecule has 0 bridgehead atoms. The van der Waals surface area contributed by atoms with Gasteiger partial charge in [-0.1, -0.05) is 12.8 Å². The second kappa shape index (κ2) is 5.07. The van der Waals surface area contributed by atoms with E-state index in [9.17, 15) is 10.1 Å². The molecule has 2 aromatic rings. The van der Waals surface area contributed by atoms with Gasteiger partial charge in [-0.2, -0.15) is 0 Å². The van der Waals surface area contributed by atoms with Crippen molar-refractivity contribution in [2.24, 2.45) is 5.92 Å². The van der Waals surface area contributed by atoms with Crippen LogP contribution in [0.4, 0.5) is 11.5 Å². The predicted octanol–water partition coefficient (Wildman–Crippen LogP) is 3.74. The molecule has 0 saturated heterocycles. The molecular weight excluding hydrogens is 254 g/mol. The van der Waals surface area contributed by atoms with Crippen molar-refractivity contribution in [1.82, 2.24) is 4.98 Å². The number of fused-ring (bicyclic) bond motifs is 1. The molecular formula is C15H17N3O2. The molecule has 1 saturated carbocycles. The van der Waals surface area contributed by atoms with Gasteiger partial charge in [0, 0.05) is 23.6 Å². The summed E-state index contributed by atoms with van der Waals surface area (Å²) in [5.41, 5.74) is 0.876. The second-order valence-corrected chi connectivity index (χ2v) is 5.56. The van der Waals surface area contributed by atoms with Crippen LogP contribution in [0.15, 0.2) is 30.3 Å². The van der Waals surface area contributed by atoms with Crippen LogP contribution in [-0.2, 0) is 0 Å². The molecule has 5 nitrogen and oxygen atoms in total. The molecule has 1 unspecified atom stereocenters. The van der Waals surface area contributed by atoms with Crippen LogP contribution >= 0.6 is 0 Å². The topological polar surface area (TPSA) is 68.1 Å². The Hall–Kier alpha value is -2.17. The van der Waals surface area contributed by atoms with Gasteiger partial charge in [0.1, 0.15) is 5.82 Å². The lowest BCUT2D eigenvalue weighted by Crippen LogP contribution is -2.16. The van der Waals surface area contributed by atoms with Crippen LogP contribution in [0.3, 0.4) is 0 Å². The number of pyridine rings is 1. The fraction of sp³-hybridized carbons (Fsp3) is 0.400. The third kappa shape index (κ3) is 2.87. The minimum Gasteiger partial charge on any atom is -0.368 e. The van der Waals surface area contributed by atoms with E-state index in [-0.39, 0.29) is 10.6 Å². The average molecular weight is 271 g/mol. The molecule has 1 aromatic carbocycles. The summed E-state index contributed by atoms with van der Waals surface area (Å²) in [7, 11) is 0. The maximum atomic E-state index is 10.7. The first kappa shape index (κ1) is 12.8. The van der Waals surface area contributed by atoms with Crippen molar-refractivity contribution >= 4 is 22.4 Å². The average Bonchev–Trinajstić information content (AvgIpc) is 3.21. The first-order valence-electron chi connectivity index (χ1n) is 6.93. The van der Waals surface area contributed by atoms with Crippen LogP contribution in [0.2, 0.25) is 0 Å². The normalized spacial score (nSPS) is 16.1. The first-order valence-corrected chi connectivity index (χ1v) is 6.93. The summed E-state index contributed by atoms with van der Waals surface area (Å²) in [4.78, 5) is 14.9. The molecule has 0 aliphatic heterocycles. The molecule has 1 aliphatic carbocycles. The highest BCUT2D eigenvalue weighted by Gasteiger charge is 2.23. The summed E-state index contributed by atoms with van der Waals surface area (Å²) in [6, 6.07) is 8.92. The van der Waals surface area contributed by atoms with Crippen LogP contribution in [-0.4, -0.2) is 15.9 Å². The maximum absolute atomic E-state index is 10.7. The van der Waals surface area contributed by atoms with Crippen LogP contribution < -0.4 is 5.32 Å². The fourth-order valence-electron chi connectivity index (χ4n) is 2.47. The summed E-state index contributed by atoms with van der Waals surface area (Å²) in [5.74, 6) is 1.71. The van der Waals surface area contributed by atoms with E-state index in [0.717, 1.165) is 22.6 Å². The van der Waals surface area contributed by atoms with Gasteiger partial charge in [-0.05, 0) is 37.5 Å². The number of nitrogens with zero attached hydrogens (tertiary/aromatic N) is 2. The number of hydrogen-bond acceptors (Lipinski definition) is 4. The van der Waals surface area contributed by atoms with Crippen LogP contribution in [0.25, 0.3) is 10.9 Å². The van der Waals surface area contributed by atoms with Crippen LogP contribution in [0, 0.1) is 16.0 Å². The summed E-state index contributed by atoms with van der Waals surface area (Å²) < 4.78 is 0. The van der Waals surface area contributed by atoms with Gasteiger partial charge >= 0.3 is 0 Å². The minimum absolute atomic E-state index is 0.0992. The number of nitro benzene ring substituents is 1. The molecule has 1 aromatic heterocycles. The van der Waals surface area contributed by atoms with E-state index in [1.807, 2.05) is 12.1 Å². The summed E-state index contributed by atoms with van der Waals surface area (Å²) in [6.45, 7) is 2.17. The fourth-order valence-corrected chi connectivity index (χ4v) is 2.47. The third-order valence-corrected chi connectivity index (χ3v) is 3.66. The smallest absolute Gasteiger partial charge is 0.270 e. The highest BCUT2D eigenvalue weighted by molar-refractivity contribution is 5.82. The van der Waals surface area contributed by atoms with E-state index in [1.54, 1.807) is 12.1 Å². The van der Waals surface area contributed by atoms with Crippen LogP contribution in [0.1, 0.15) is 26.2 Å². The number of non-ortho nitro benzene ring substituents is 1. The SMILES string of the molecule is CC(CC1CC1)Nc1ccc2cc([N+](=O)[O-])ccc2n1. The van der Waals surface area contributed by atoms with E-state index in [4.69, 9.17) is 0 Å². The number of benzene rings is 1. The lowest BCUT2D eigenvalue weighted by atomic mass is 10.1. The molecule has 0 radical (unpaired) electrons. The molecule has 1 atom stereocenters. The van der Waals surface area contributed by atoms with Gasteiger partial charge in [0.25, 0.3) is 5.69 Å². The Labute approximate surface area is 117 Å². The summed E-state index contributed by atoms with van der Waals surface area (Å²) >= 11 is 0. The Bertz CT molecular complexity index is 653. The highest BCUT2D eigenvalue weighted by atomic mass is 16.6. The largest absolute Gasteiger partial charge is 0.368 e. The zero-order chi connectivity index (χ0) is 14.1. The molecule has 1 N–H and O–H groups in total. The molecule has 1 fully saturated rings. The third-order valence-electron chi connectivity index (χ3n) is 3.66. The van der Waals surface area contributed by atoms with E-state index in [1.165, 1.54) is 25.3 Å². The Balaban J connectivity index is 1.79. The van der Waals surface area contributed by atoms with E-state index >= 15 is 0 Å². The number of hydrogen-bond donors (Lipinski definition) is 1. The van der Waals surface area contributed by atoms with Gasteiger partial charge in [-0.15, -0.1) is 0 Å². The minimum atomic E-state index is -0.386. The maximum Gasteiger partial charge on any atom is 0.270 e. The van der Waals surface area contributed by atoms with Crippen molar-refractivity contribution in [2.75, 3.05) is 5.32 Å². The highest BCUT2D eigenvalue weighted by Crippen LogP contribution is 2.34. The Morgan fingerprint density at radius 3 is 2.90 bits per heavy atom. The summed E-state index contributed by atoms with van der Waals surface area (Å²) in [6.07, 6.45) is 3.88. The van der Waals surface area contributed by atoms with Gasteiger partial charge in [0.2, 0.25) is 0 Å². The standard InChI is InChI=1S/C15H17N3O2/c1-10(8-11-2-3-11)16-15-7-4-12-9-13(18(19)20)5-6-14(12)17-15/h4-7,9-11H,2-3,8H2,1H3,(H,16,17). The number of rotatable bonds is 5. The molecule has 104 valence electrons. The monoisotopic (exact) mass is 271 g/mol. The van der Waals surface area contributed by atoms with E-state index < -0.39 is 0 Å². The van der Waals surface area contributed by atoms with E-state index in [0.29, 0.717) is 6.04 Å². The van der Waals surface area contributed by atoms with Crippen LogP contribution in [0.5, 0.6) is 0 Å². The van der Waals surface area contributed by atoms with Crippen molar-refractivity contribution in [2.45, 2.75) is 32.2 Å². The zero-order valence-electron chi connectivity index (χ0n) is 11.4. The molecule has 20 heavy (non-hydrogen) atoms. The first-order chi connectivity index (χ1) is 9.61. The summed E-state index contributed by atoms with van der Waals surface area (Å²) in [5, 5.41) is 14.9. The van der Waals surface area contributed by atoms with Gasteiger partial charge < -0.3 is 5.32 Å². The zero-order valence-corrected chi connectivity index (χ0v) is 11.4. The van der Waals surface area contributed by atoms with E-state index in [2.05, 4.69) is 17.2 Å². The van der Waals surface area contributed by atoms with Crippen molar-refractivity contribution in [3.8, 4) is 0 Å². The Kier molecular flexibility index (Phi) is 3.26. The molecule has 1 heterocycles. The lowest BCUT2D eigenvalue weighted by molar-refractivity contribution is -0.384. The van der Waals surface area contributed by atoms with Crippen molar-refractivity contribution in [3.05, 3.63) is 40.4 Å². The van der Waals surface area contributed by atoms with Crippen molar-refractivity contribution in [3.63, 3.8) is 0 Å². The molecule has 3 rings (SSSR count). The molecule has 5 heteroatoms.